The smallest absolute Gasteiger partial charge is 0.278 e. The summed E-state index contributed by atoms with van der Waals surface area (Å²) in [6, 6.07) is 9.37. The molecule has 0 fully saturated rings. The van der Waals surface area contributed by atoms with Crippen LogP contribution in [0.3, 0.4) is 0 Å². The zero-order valence-corrected chi connectivity index (χ0v) is 9.74. The van der Waals surface area contributed by atoms with Gasteiger partial charge >= 0.3 is 10.2 Å². The number of hydrogen-bond acceptors (Lipinski definition) is 3. The number of benzene rings is 1. The summed E-state index contributed by atoms with van der Waals surface area (Å²) in [5.41, 5.74) is 2.32. The molecule has 1 heterocycles. The molecule has 6 heteroatoms. The lowest BCUT2D eigenvalue weighted by Gasteiger charge is -2.01. The van der Waals surface area contributed by atoms with E-state index in [1.165, 1.54) is 6.20 Å². The first kappa shape index (κ1) is 11.8. The number of aromatic nitrogens is 2. The van der Waals surface area contributed by atoms with E-state index in [0.717, 1.165) is 11.3 Å². The third-order valence-corrected chi connectivity index (χ3v) is 3.09. The first-order valence-electron chi connectivity index (χ1n) is 5.06. The topological polar surface area (TPSA) is 62.8 Å². The van der Waals surface area contributed by atoms with Crippen molar-refractivity contribution >= 4 is 10.2 Å². The number of H-pyrrole nitrogens is 1. The highest BCUT2D eigenvalue weighted by Crippen LogP contribution is 2.21. The third kappa shape index (κ3) is 3.13. The van der Waals surface area contributed by atoms with Gasteiger partial charge in [0.25, 0.3) is 0 Å². The van der Waals surface area contributed by atoms with E-state index in [1.807, 2.05) is 30.3 Å². The average Bonchev–Trinajstić information content (AvgIpc) is 2.75. The van der Waals surface area contributed by atoms with Crippen molar-refractivity contribution in [3.8, 4) is 11.3 Å². The van der Waals surface area contributed by atoms with Gasteiger partial charge in [0.15, 0.2) is 0 Å². The SMILES string of the molecule is O=S(=O)(F)CCc1cn[nH]c1-c1ccccc1. The minimum atomic E-state index is -4.44. The summed E-state index contributed by atoms with van der Waals surface area (Å²) in [6.45, 7) is 0. The summed E-state index contributed by atoms with van der Waals surface area (Å²) < 4.78 is 33.4. The zero-order valence-electron chi connectivity index (χ0n) is 8.93. The molecule has 0 aliphatic carbocycles. The Morgan fingerprint density at radius 1 is 1.24 bits per heavy atom. The molecule has 0 saturated carbocycles. The molecule has 0 atom stereocenters. The van der Waals surface area contributed by atoms with Crippen molar-refractivity contribution in [2.24, 2.45) is 0 Å². The fraction of sp³-hybridized carbons (Fsp3) is 0.182. The molecule has 1 aromatic carbocycles. The molecule has 0 amide bonds. The highest BCUT2D eigenvalue weighted by molar-refractivity contribution is 7.86. The van der Waals surface area contributed by atoms with E-state index in [0.29, 0.717) is 5.56 Å². The summed E-state index contributed by atoms with van der Waals surface area (Å²) in [5.74, 6) is -0.521. The number of aromatic amines is 1. The third-order valence-electron chi connectivity index (χ3n) is 2.40. The molecule has 0 bridgehead atoms. The fourth-order valence-corrected chi connectivity index (χ4v) is 2.05. The van der Waals surface area contributed by atoms with Gasteiger partial charge in [0.1, 0.15) is 0 Å². The van der Waals surface area contributed by atoms with Crippen molar-refractivity contribution < 1.29 is 12.3 Å². The largest absolute Gasteiger partial charge is 0.302 e. The molecule has 90 valence electrons. The Hall–Kier alpha value is -1.69. The Kier molecular flexibility index (Phi) is 3.23. The van der Waals surface area contributed by atoms with Crippen molar-refractivity contribution in [3.63, 3.8) is 0 Å². The molecule has 0 radical (unpaired) electrons. The van der Waals surface area contributed by atoms with Gasteiger partial charge in [0, 0.05) is 0 Å². The monoisotopic (exact) mass is 254 g/mol. The lowest BCUT2D eigenvalue weighted by molar-refractivity contribution is 0.551. The standard InChI is InChI=1S/C11H11FN2O2S/c12-17(15,16)7-6-10-8-13-14-11(10)9-4-2-1-3-5-9/h1-5,8H,6-7H2,(H,13,14). The van der Waals surface area contributed by atoms with E-state index in [2.05, 4.69) is 10.2 Å². The van der Waals surface area contributed by atoms with E-state index in [4.69, 9.17) is 0 Å². The van der Waals surface area contributed by atoms with Crippen LogP contribution in [-0.4, -0.2) is 24.4 Å². The Morgan fingerprint density at radius 2 is 1.94 bits per heavy atom. The molecule has 0 aliphatic heterocycles. The van der Waals surface area contributed by atoms with Crippen LogP contribution < -0.4 is 0 Å². The Bertz CT molecular complexity index is 593. The van der Waals surface area contributed by atoms with Crippen LogP contribution in [-0.2, 0) is 16.6 Å². The molecule has 2 rings (SSSR count). The van der Waals surface area contributed by atoms with Crippen molar-refractivity contribution in [1.29, 1.82) is 0 Å². The van der Waals surface area contributed by atoms with Crippen LogP contribution in [0, 0.1) is 0 Å². The van der Waals surface area contributed by atoms with Crippen LogP contribution in [0.1, 0.15) is 5.56 Å². The molecule has 0 unspecified atom stereocenters. The second kappa shape index (κ2) is 4.67. The number of nitrogens with zero attached hydrogens (tertiary/aromatic N) is 1. The van der Waals surface area contributed by atoms with Gasteiger partial charge in [-0.15, -0.1) is 3.89 Å². The van der Waals surface area contributed by atoms with Crippen LogP contribution in [0.5, 0.6) is 0 Å². The second-order valence-corrected chi connectivity index (χ2v) is 5.12. The van der Waals surface area contributed by atoms with E-state index in [-0.39, 0.29) is 6.42 Å². The Labute approximate surface area is 98.7 Å². The molecule has 2 aromatic rings. The maximum Gasteiger partial charge on any atom is 0.302 e. The van der Waals surface area contributed by atoms with Crippen molar-refractivity contribution in [3.05, 3.63) is 42.1 Å². The molecular formula is C11H11FN2O2S. The minimum absolute atomic E-state index is 0.111. The summed E-state index contributed by atoms with van der Waals surface area (Å²) in [7, 11) is -4.44. The second-order valence-electron chi connectivity index (χ2n) is 3.63. The number of nitrogens with one attached hydrogen (secondary N) is 1. The van der Waals surface area contributed by atoms with Crippen molar-refractivity contribution in [1.82, 2.24) is 10.2 Å². The molecule has 1 N–H and O–H groups in total. The maximum atomic E-state index is 12.5. The van der Waals surface area contributed by atoms with Crippen LogP contribution in [0.2, 0.25) is 0 Å². The highest BCUT2D eigenvalue weighted by atomic mass is 32.3. The lowest BCUT2D eigenvalue weighted by Crippen LogP contribution is -2.02. The van der Waals surface area contributed by atoms with Gasteiger partial charge in [-0.05, 0) is 17.5 Å². The number of aryl methyl sites for hydroxylation is 1. The predicted octanol–water partition coefficient (Wildman–Crippen LogP) is 1.92. The molecular weight excluding hydrogens is 243 g/mol. The van der Waals surface area contributed by atoms with Crippen LogP contribution >= 0.6 is 0 Å². The first-order valence-corrected chi connectivity index (χ1v) is 6.61. The highest BCUT2D eigenvalue weighted by Gasteiger charge is 2.12. The van der Waals surface area contributed by atoms with Crippen LogP contribution in [0.25, 0.3) is 11.3 Å². The molecule has 0 saturated heterocycles. The van der Waals surface area contributed by atoms with Crippen molar-refractivity contribution in [2.75, 3.05) is 5.75 Å². The summed E-state index contributed by atoms with van der Waals surface area (Å²) in [5, 5.41) is 6.65. The summed E-state index contributed by atoms with van der Waals surface area (Å²) in [4.78, 5) is 0. The fourth-order valence-electron chi connectivity index (χ4n) is 1.59. The molecule has 17 heavy (non-hydrogen) atoms. The van der Waals surface area contributed by atoms with Crippen LogP contribution in [0.4, 0.5) is 3.89 Å². The first-order chi connectivity index (χ1) is 8.06. The van der Waals surface area contributed by atoms with E-state index >= 15 is 0 Å². The maximum absolute atomic E-state index is 12.5. The van der Waals surface area contributed by atoms with Gasteiger partial charge in [0.05, 0.1) is 17.6 Å². The Morgan fingerprint density at radius 3 is 2.59 bits per heavy atom. The van der Waals surface area contributed by atoms with Gasteiger partial charge in [-0.2, -0.15) is 13.5 Å². The normalized spacial score (nSPS) is 11.6. The van der Waals surface area contributed by atoms with E-state index in [1.54, 1.807) is 0 Å². The minimum Gasteiger partial charge on any atom is -0.278 e. The van der Waals surface area contributed by atoms with Gasteiger partial charge in [0.2, 0.25) is 0 Å². The van der Waals surface area contributed by atoms with E-state index < -0.39 is 16.0 Å². The number of rotatable bonds is 4. The lowest BCUT2D eigenvalue weighted by atomic mass is 10.1. The predicted molar refractivity (Wildman–Crippen MR) is 62.6 cm³/mol. The van der Waals surface area contributed by atoms with Gasteiger partial charge in [-0.1, -0.05) is 30.3 Å². The summed E-state index contributed by atoms with van der Waals surface area (Å²) in [6.07, 6.45) is 1.63. The number of hydrogen-bond donors (Lipinski definition) is 1. The Balaban J connectivity index is 2.24. The molecule has 1 aromatic heterocycles. The molecule has 0 spiro atoms. The van der Waals surface area contributed by atoms with Gasteiger partial charge in [-0.25, -0.2) is 0 Å². The average molecular weight is 254 g/mol. The van der Waals surface area contributed by atoms with Crippen molar-refractivity contribution in [2.45, 2.75) is 6.42 Å². The zero-order chi connectivity index (χ0) is 12.3. The van der Waals surface area contributed by atoms with Crippen LogP contribution in [0.15, 0.2) is 36.5 Å². The number of halogens is 1. The van der Waals surface area contributed by atoms with Gasteiger partial charge < -0.3 is 0 Å². The van der Waals surface area contributed by atoms with Gasteiger partial charge in [-0.3, -0.25) is 5.10 Å². The summed E-state index contributed by atoms with van der Waals surface area (Å²) >= 11 is 0. The quantitative estimate of drug-likeness (QED) is 0.848. The molecule has 4 nitrogen and oxygen atoms in total. The molecule has 0 aliphatic rings. The van der Waals surface area contributed by atoms with E-state index in [9.17, 15) is 12.3 Å².